The van der Waals surface area contributed by atoms with E-state index in [9.17, 15) is 4.57 Å². The van der Waals surface area contributed by atoms with E-state index in [1.807, 2.05) is 0 Å². The highest BCUT2D eigenvalue weighted by molar-refractivity contribution is 8.10. The molecule has 0 aliphatic carbocycles. The lowest BCUT2D eigenvalue weighted by atomic mass is 11.5. The first kappa shape index (κ1) is 12.1. The maximum absolute atomic E-state index is 9.33. The molecule has 4 nitrogen and oxygen atoms in total. The number of rotatable bonds is 0. The summed E-state index contributed by atoms with van der Waals surface area (Å²) in [6, 6.07) is 0. The van der Waals surface area contributed by atoms with Crippen molar-refractivity contribution in [3.05, 3.63) is 0 Å². The predicted molar refractivity (Wildman–Crippen MR) is 43.7 cm³/mol. The topological polar surface area (TPSA) is 83.5 Å². The van der Waals surface area contributed by atoms with Gasteiger partial charge in [0.05, 0.1) is 0 Å². The third kappa shape index (κ3) is 2250. The van der Waals surface area contributed by atoms with Crippen LogP contribution in [0.2, 0.25) is 0 Å². The summed E-state index contributed by atoms with van der Waals surface area (Å²) in [5.41, 5.74) is 4.71. The molecule has 9 heavy (non-hydrogen) atoms. The highest BCUT2D eigenvalue weighted by Gasteiger charge is 1.95. The number of hydrogen-bond acceptors (Lipinski definition) is 2. The SMILES string of the molecule is CP(=O)(O)O.NC(=S)S. The quantitative estimate of drug-likeness (QED) is 0.244. The molecule has 0 fully saturated rings. The first-order valence-corrected chi connectivity index (χ1v) is 4.66. The third-order valence-corrected chi connectivity index (χ3v) is 0. The zero-order valence-electron chi connectivity index (χ0n) is 4.68. The molecule has 0 aromatic rings. The summed E-state index contributed by atoms with van der Waals surface area (Å²) in [5, 5.41) is 0. The van der Waals surface area contributed by atoms with Gasteiger partial charge in [0.15, 0.2) is 0 Å². The molecule has 0 unspecified atom stereocenters. The molecular weight excluding hydrogens is 181 g/mol. The molecule has 0 rings (SSSR count). The standard InChI is InChI=1S/CH3NS2.CH5O3P/c2-1(3)4;1-5(2,3)4/h(H3,2,3,4);1H3,(H2,2,3,4). The highest BCUT2D eigenvalue weighted by atomic mass is 32.1. The first-order chi connectivity index (χ1) is 3.73. The molecule has 0 bridgehead atoms. The molecule has 0 aliphatic rings. The Morgan fingerprint density at radius 2 is 1.78 bits per heavy atom. The van der Waals surface area contributed by atoms with Crippen LogP contribution in [0.25, 0.3) is 0 Å². The van der Waals surface area contributed by atoms with E-state index in [2.05, 4.69) is 24.8 Å². The van der Waals surface area contributed by atoms with Crippen LogP contribution in [0, 0.1) is 0 Å². The van der Waals surface area contributed by atoms with Crippen LogP contribution in [-0.4, -0.2) is 20.8 Å². The van der Waals surface area contributed by atoms with E-state index in [0.717, 1.165) is 6.66 Å². The fourth-order valence-corrected chi connectivity index (χ4v) is 0. The van der Waals surface area contributed by atoms with Crippen molar-refractivity contribution in [1.29, 1.82) is 0 Å². The summed E-state index contributed by atoms with van der Waals surface area (Å²) in [4.78, 5) is 15.3. The van der Waals surface area contributed by atoms with Crippen molar-refractivity contribution in [2.45, 2.75) is 0 Å². The molecule has 0 saturated carbocycles. The van der Waals surface area contributed by atoms with Crippen LogP contribution in [0.1, 0.15) is 0 Å². The molecule has 0 atom stereocenters. The summed E-state index contributed by atoms with van der Waals surface area (Å²) in [5.74, 6) is 0. The van der Waals surface area contributed by atoms with E-state index in [1.165, 1.54) is 0 Å². The fourth-order valence-electron chi connectivity index (χ4n) is 0. The molecule has 0 saturated heterocycles. The van der Waals surface area contributed by atoms with Gasteiger partial charge in [0.1, 0.15) is 4.32 Å². The Bertz CT molecular complexity index is 120. The zero-order chi connectivity index (χ0) is 8.08. The second-order valence-corrected chi connectivity index (χ2v) is 4.07. The average molecular weight is 189 g/mol. The molecule has 7 heteroatoms. The maximum atomic E-state index is 9.33. The van der Waals surface area contributed by atoms with Gasteiger partial charge < -0.3 is 15.5 Å². The van der Waals surface area contributed by atoms with Crippen LogP contribution in [0.4, 0.5) is 0 Å². The number of hydrogen-bond donors (Lipinski definition) is 4. The van der Waals surface area contributed by atoms with Crippen molar-refractivity contribution in [3.8, 4) is 0 Å². The lowest BCUT2D eigenvalue weighted by Crippen LogP contribution is -1.94. The molecule has 0 aromatic heterocycles. The molecule has 0 spiro atoms. The largest absolute Gasteiger partial charge is 0.385 e. The smallest absolute Gasteiger partial charge is 0.322 e. The molecule has 0 aromatic carbocycles. The zero-order valence-corrected chi connectivity index (χ0v) is 7.29. The van der Waals surface area contributed by atoms with Gasteiger partial charge in [-0.2, -0.15) is 0 Å². The Balaban J connectivity index is 0. The van der Waals surface area contributed by atoms with Crippen molar-refractivity contribution < 1.29 is 14.4 Å². The Kier molecular flexibility index (Phi) is 6.99. The van der Waals surface area contributed by atoms with Gasteiger partial charge in [-0.15, -0.1) is 12.6 Å². The summed E-state index contributed by atoms with van der Waals surface area (Å²) >= 11 is 7.65. The molecule has 0 amide bonds. The maximum Gasteiger partial charge on any atom is 0.322 e. The van der Waals surface area contributed by atoms with E-state index in [4.69, 9.17) is 15.5 Å². The van der Waals surface area contributed by atoms with Gasteiger partial charge in [-0.3, -0.25) is 4.57 Å². The van der Waals surface area contributed by atoms with Crippen molar-refractivity contribution in [2.75, 3.05) is 6.66 Å². The molecule has 0 radical (unpaired) electrons. The average Bonchev–Trinajstić information content (AvgIpc) is 1.19. The van der Waals surface area contributed by atoms with E-state index in [1.54, 1.807) is 0 Å². The Labute approximate surface area is 64.0 Å². The Hall–Kier alpha value is 0.390. The number of nitrogens with two attached hydrogens (primary N) is 1. The lowest BCUT2D eigenvalue weighted by Gasteiger charge is -1.84. The van der Waals surface area contributed by atoms with Crippen LogP contribution in [0.15, 0.2) is 0 Å². The van der Waals surface area contributed by atoms with Crippen LogP contribution in [0.5, 0.6) is 0 Å². The van der Waals surface area contributed by atoms with Crippen molar-refractivity contribution in [3.63, 3.8) is 0 Å². The van der Waals surface area contributed by atoms with Gasteiger partial charge in [-0.1, -0.05) is 12.2 Å². The van der Waals surface area contributed by atoms with E-state index >= 15 is 0 Å². The summed E-state index contributed by atoms with van der Waals surface area (Å²) in [7, 11) is -3.64. The van der Waals surface area contributed by atoms with Gasteiger partial charge in [0.25, 0.3) is 0 Å². The molecule has 0 aliphatic heterocycles. The molecule has 4 N–H and O–H groups in total. The van der Waals surface area contributed by atoms with E-state index in [-0.39, 0.29) is 4.32 Å². The van der Waals surface area contributed by atoms with Crippen LogP contribution < -0.4 is 5.73 Å². The predicted octanol–water partition coefficient (Wildman–Crippen LogP) is -0.0463. The number of thiol groups is 1. The minimum absolute atomic E-state index is 0.194. The Morgan fingerprint density at radius 1 is 1.78 bits per heavy atom. The lowest BCUT2D eigenvalue weighted by molar-refractivity contribution is 0.381. The van der Waals surface area contributed by atoms with Crippen molar-refractivity contribution in [2.24, 2.45) is 5.73 Å². The van der Waals surface area contributed by atoms with Gasteiger partial charge >= 0.3 is 7.60 Å². The summed E-state index contributed by atoms with van der Waals surface area (Å²) < 4.78 is 9.52. The minimum Gasteiger partial charge on any atom is -0.385 e. The minimum atomic E-state index is -3.64. The van der Waals surface area contributed by atoms with Gasteiger partial charge in [0.2, 0.25) is 0 Å². The second kappa shape index (κ2) is 5.20. The second-order valence-electron chi connectivity index (χ2n) is 1.17. The van der Waals surface area contributed by atoms with Crippen LogP contribution in [0.3, 0.4) is 0 Å². The third-order valence-electron chi connectivity index (χ3n) is 0. The summed E-state index contributed by atoms with van der Waals surface area (Å²) in [6.45, 7) is 0.854. The first-order valence-electron chi connectivity index (χ1n) is 1.75. The normalized spacial score (nSPS) is 9.33. The molecule has 56 valence electrons. The fraction of sp³-hybridized carbons (Fsp3) is 0.500. The molecule has 0 heterocycles. The summed E-state index contributed by atoms with van der Waals surface area (Å²) in [6.07, 6.45) is 0. The Morgan fingerprint density at radius 3 is 1.78 bits per heavy atom. The van der Waals surface area contributed by atoms with E-state index < -0.39 is 7.60 Å². The van der Waals surface area contributed by atoms with Crippen LogP contribution >= 0.6 is 32.4 Å². The molecular formula is C2H8NO3PS2. The van der Waals surface area contributed by atoms with Gasteiger partial charge in [-0.25, -0.2) is 0 Å². The monoisotopic (exact) mass is 189 g/mol. The van der Waals surface area contributed by atoms with Crippen molar-refractivity contribution >= 4 is 36.8 Å². The van der Waals surface area contributed by atoms with Crippen LogP contribution in [-0.2, 0) is 4.57 Å². The van der Waals surface area contributed by atoms with Gasteiger partial charge in [-0.05, 0) is 0 Å². The van der Waals surface area contributed by atoms with Gasteiger partial charge in [0, 0.05) is 6.66 Å². The van der Waals surface area contributed by atoms with E-state index in [0.29, 0.717) is 0 Å². The highest BCUT2D eigenvalue weighted by Crippen LogP contribution is 2.26. The number of thiocarbonyl (C=S) groups is 1. The van der Waals surface area contributed by atoms with Crippen molar-refractivity contribution in [1.82, 2.24) is 0 Å².